The molecule has 0 saturated carbocycles. The van der Waals surface area contributed by atoms with Crippen LogP contribution in [-0.4, -0.2) is 20.8 Å². The number of rotatable bonds is 6. The van der Waals surface area contributed by atoms with Gasteiger partial charge in [-0.25, -0.2) is 0 Å². The molecule has 0 spiro atoms. The van der Waals surface area contributed by atoms with Gasteiger partial charge in [0.25, 0.3) is 0 Å². The summed E-state index contributed by atoms with van der Waals surface area (Å²) >= 11 is 0.194. The first-order valence-electron chi connectivity index (χ1n) is 8.86. The second kappa shape index (κ2) is 12.1. The normalized spacial score (nSPS) is 11.6. The Labute approximate surface area is 196 Å². The summed E-state index contributed by atoms with van der Waals surface area (Å²) in [5.74, 6) is 0.956. The third-order valence-electron chi connectivity index (χ3n) is 3.86. The van der Waals surface area contributed by atoms with Gasteiger partial charge in [0.05, 0.1) is 18.1 Å². The topological polar surface area (TPSA) is 81.2 Å². The van der Waals surface area contributed by atoms with Gasteiger partial charge in [-0.3, -0.25) is 4.99 Å². The van der Waals surface area contributed by atoms with Crippen molar-refractivity contribution in [1.82, 2.24) is 0 Å². The van der Waals surface area contributed by atoms with E-state index in [9.17, 15) is 8.42 Å². The summed E-state index contributed by atoms with van der Waals surface area (Å²) in [7, 11) is 5.41. The number of aliphatic imine (C=N–C) groups is 1. The number of nitrogens with zero attached hydrogens (tertiary/aromatic N) is 2. The van der Waals surface area contributed by atoms with E-state index in [0.717, 1.165) is 23.0 Å². The molecule has 31 heavy (non-hydrogen) atoms. The molecule has 0 aliphatic heterocycles. The van der Waals surface area contributed by atoms with E-state index in [1.807, 2.05) is 20.8 Å². The van der Waals surface area contributed by atoms with Crippen LogP contribution in [0.4, 0.5) is 5.69 Å². The number of benzene rings is 2. The van der Waals surface area contributed by atoms with Gasteiger partial charge in [0, 0.05) is 0 Å². The van der Waals surface area contributed by atoms with Gasteiger partial charge in [-0.05, 0) is 56.2 Å². The zero-order valence-electron chi connectivity index (χ0n) is 16.9. The Hall–Kier alpha value is -2.09. The van der Waals surface area contributed by atoms with Crippen LogP contribution in [0.2, 0.25) is 0 Å². The van der Waals surface area contributed by atoms with E-state index in [0.29, 0.717) is 5.76 Å². The Kier molecular flexibility index (Phi) is 9.81. The van der Waals surface area contributed by atoms with E-state index in [1.165, 1.54) is 17.7 Å². The van der Waals surface area contributed by atoms with E-state index in [-0.39, 0.29) is 24.6 Å². The first-order chi connectivity index (χ1) is 14.7. The number of hydrogen-bond acceptors (Lipinski definition) is 5. The molecule has 0 N–H and O–H groups in total. The van der Waals surface area contributed by atoms with Gasteiger partial charge in [-0.2, -0.15) is 8.42 Å². The molecule has 0 amide bonds. The number of halogens is 2. The molecule has 0 saturated heterocycles. The summed E-state index contributed by atoms with van der Waals surface area (Å²) in [4.78, 5) is 4.49. The van der Waals surface area contributed by atoms with Crippen LogP contribution in [-0.2, 0) is 23.4 Å². The summed E-state index contributed by atoms with van der Waals surface area (Å²) in [6.45, 7) is 6.05. The Morgan fingerprint density at radius 2 is 1.48 bits per heavy atom. The molecule has 0 bridgehead atoms. The summed E-state index contributed by atoms with van der Waals surface area (Å²) in [5, 5.41) is 0. The first kappa shape index (κ1) is 25.2. The van der Waals surface area contributed by atoms with Crippen molar-refractivity contribution in [2.24, 2.45) is 9.39 Å². The van der Waals surface area contributed by atoms with Gasteiger partial charge in [0.15, 0.2) is 0 Å². The molecule has 0 unspecified atom stereocenters. The molecule has 1 aromatic heterocycles. The van der Waals surface area contributed by atoms with Crippen LogP contribution in [0.25, 0.3) is 0 Å². The zero-order chi connectivity index (χ0) is 22.9. The van der Waals surface area contributed by atoms with E-state index in [4.69, 9.17) is 28.8 Å². The number of aryl methyl sites for hydroxylation is 3. The van der Waals surface area contributed by atoms with Gasteiger partial charge in [-0.15, -0.1) is 4.40 Å². The number of hydrogen-bond donors (Lipinski definition) is 0. The van der Waals surface area contributed by atoms with Crippen LogP contribution >= 0.6 is 20.2 Å². The minimum absolute atomic E-state index is 0.191. The monoisotopic (exact) mass is 522 g/mol. The second-order valence-electron chi connectivity index (χ2n) is 6.35. The summed E-state index contributed by atoms with van der Waals surface area (Å²) in [6.07, 6.45) is 2.69. The molecule has 1 heterocycles. The first-order valence-corrected chi connectivity index (χ1v) is 13.3. The van der Waals surface area contributed by atoms with E-state index >= 15 is 0 Å². The fraction of sp³-hybridized carbons (Fsp3) is 0.143. The number of para-hydroxylation sites is 1. The van der Waals surface area contributed by atoms with Crippen molar-refractivity contribution < 1.29 is 30.2 Å². The summed E-state index contributed by atoms with van der Waals surface area (Å²) in [6, 6.07) is 15.6. The Morgan fingerprint density at radius 1 is 0.935 bits per heavy atom. The van der Waals surface area contributed by atoms with Gasteiger partial charge in [-0.1, -0.05) is 35.9 Å². The van der Waals surface area contributed by atoms with Crippen molar-refractivity contribution in [2.75, 3.05) is 0 Å². The van der Waals surface area contributed by atoms with Crippen LogP contribution in [0.1, 0.15) is 28.2 Å². The molecule has 0 aliphatic carbocycles. The van der Waals surface area contributed by atoms with Gasteiger partial charge in [0.1, 0.15) is 17.3 Å². The average Bonchev–Trinajstić information content (AvgIpc) is 3.15. The Bertz CT molecular complexity index is 1140. The van der Waals surface area contributed by atoms with E-state index in [1.54, 1.807) is 36.5 Å². The maximum atomic E-state index is 11.9. The molecule has 0 aliphatic rings. The molecule has 3 rings (SSSR count). The third kappa shape index (κ3) is 8.51. The van der Waals surface area contributed by atoms with Crippen molar-refractivity contribution in [3.8, 4) is 5.75 Å². The maximum absolute atomic E-state index is 11.9. The SMILES string of the molecule is Cc1cc(C)c(N=Cc2ccc(/C=N/S(=O)(=O)Oc3ccccc3)o2)c(C)c1.[Cl][Fe][Cl]. The minimum atomic E-state index is -4.12. The molecule has 0 atom stereocenters. The molecule has 10 heteroatoms. The van der Waals surface area contributed by atoms with Crippen molar-refractivity contribution in [1.29, 1.82) is 0 Å². The van der Waals surface area contributed by atoms with Crippen LogP contribution in [0.5, 0.6) is 5.75 Å². The molecule has 0 fully saturated rings. The van der Waals surface area contributed by atoms with Gasteiger partial charge >= 0.3 is 43.6 Å². The fourth-order valence-electron chi connectivity index (χ4n) is 2.75. The van der Waals surface area contributed by atoms with Crippen molar-refractivity contribution in [3.63, 3.8) is 0 Å². The third-order valence-corrected chi connectivity index (χ3v) is 4.62. The quantitative estimate of drug-likeness (QED) is 0.290. The zero-order valence-corrected chi connectivity index (χ0v) is 20.3. The van der Waals surface area contributed by atoms with Crippen LogP contribution in [0.15, 0.2) is 68.4 Å². The van der Waals surface area contributed by atoms with E-state index in [2.05, 4.69) is 21.5 Å². The van der Waals surface area contributed by atoms with Crippen LogP contribution in [0.3, 0.4) is 0 Å². The van der Waals surface area contributed by atoms with Crippen molar-refractivity contribution >= 4 is 48.6 Å². The summed E-state index contributed by atoms with van der Waals surface area (Å²) < 4.78 is 37.7. The Morgan fingerprint density at radius 3 is 2.06 bits per heavy atom. The van der Waals surface area contributed by atoms with Gasteiger partial charge < -0.3 is 8.60 Å². The van der Waals surface area contributed by atoms with Gasteiger partial charge in [0.2, 0.25) is 0 Å². The predicted octanol–water partition coefficient (Wildman–Crippen LogP) is 6.07. The standard InChI is InChI=1S/C21H20N2O4S.2ClH.Fe/c1-15-11-16(2)21(17(3)12-15)22-13-19-9-10-20(26-19)14-23-28(24,25)27-18-7-5-4-6-8-18;;;/h4-14H,1-3H3;2*1H;/q;;;+2/p-2/b22-13?,23-14+;;;. The predicted molar refractivity (Wildman–Crippen MR) is 122 cm³/mol. The molecule has 0 radical (unpaired) electrons. The van der Waals surface area contributed by atoms with Crippen LogP contribution < -0.4 is 4.18 Å². The average molecular weight is 523 g/mol. The second-order valence-corrected chi connectivity index (χ2v) is 9.41. The number of furan rings is 1. The van der Waals surface area contributed by atoms with Crippen molar-refractivity contribution in [3.05, 3.63) is 82.8 Å². The Balaban J connectivity index is 0.00000107. The fourth-order valence-corrected chi connectivity index (χ4v) is 3.38. The van der Waals surface area contributed by atoms with Crippen LogP contribution in [0, 0.1) is 20.8 Å². The molecule has 3 aromatic rings. The molecule has 166 valence electrons. The molecule has 6 nitrogen and oxygen atoms in total. The summed E-state index contributed by atoms with van der Waals surface area (Å²) in [5.41, 5.74) is 4.22. The van der Waals surface area contributed by atoms with Crippen molar-refractivity contribution in [2.45, 2.75) is 20.8 Å². The molecular weight excluding hydrogens is 503 g/mol. The molecular formula is C21H20Cl2FeN2O4S. The molecule has 2 aromatic carbocycles. The van der Waals surface area contributed by atoms with E-state index < -0.39 is 10.3 Å².